The summed E-state index contributed by atoms with van der Waals surface area (Å²) in [6.07, 6.45) is 3.78. The van der Waals surface area contributed by atoms with Gasteiger partial charge in [0.2, 0.25) is 5.75 Å². The van der Waals surface area contributed by atoms with E-state index in [2.05, 4.69) is 29.4 Å². The van der Waals surface area contributed by atoms with Crippen molar-refractivity contribution >= 4 is 10.9 Å². The number of methoxy groups -OCH3 is 3. The van der Waals surface area contributed by atoms with Gasteiger partial charge in [-0.3, -0.25) is 0 Å². The van der Waals surface area contributed by atoms with Crippen LogP contribution in [0.1, 0.15) is 11.1 Å². The highest BCUT2D eigenvalue weighted by Gasteiger charge is 2.13. The van der Waals surface area contributed by atoms with Gasteiger partial charge in [-0.25, -0.2) is 0 Å². The zero-order valence-corrected chi connectivity index (χ0v) is 12.9. The molecule has 0 aliphatic rings. The van der Waals surface area contributed by atoms with Gasteiger partial charge in [0.25, 0.3) is 0 Å². The summed E-state index contributed by atoms with van der Waals surface area (Å²) in [5.74, 6) is 1.96. The van der Waals surface area contributed by atoms with Crippen LogP contribution < -0.4 is 14.2 Å². The molecule has 0 amide bonds. The molecule has 1 heterocycles. The Bertz CT molecular complexity index is 767. The highest BCUT2D eigenvalue weighted by atomic mass is 16.5. The Morgan fingerprint density at radius 2 is 1.64 bits per heavy atom. The average Bonchev–Trinajstić information content (AvgIpc) is 3.01. The number of H-pyrrole nitrogens is 1. The summed E-state index contributed by atoms with van der Waals surface area (Å²) in [5, 5.41) is 1.16. The molecule has 113 valence electrons. The number of aromatic nitrogens is 1. The smallest absolute Gasteiger partial charge is 0.203 e. The molecule has 3 aromatic rings. The standard InChI is InChI=1S/C18H18NO3/c1-20-16-10-13(11-17(21-2)18(16)22-3)8-12-4-5-14-6-7-19-15(14)9-12/h4-6,9-11,19H,8H2,1-3H3. The maximum Gasteiger partial charge on any atom is 0.203 e. The van der Waals surface area contributed by atoms with Gasteiger partial charge >= 0.3 is 0 Å². The fourth-order valence-corrected chi connectivity index (χ4v) is 2.61. The van der Waals surface area contributed by atoms with Crippen LogP contribution in [0.3, 0.4) is 0 Å². The summed E-state index contributed by atoms with van der Waals surface area (Å²) < 4.78 is 16.1. The number of aromatic amines is 1. The van der Waals surface area contributed by atoms with E-state index in [-0.39, 0.29) is 0 Å². The summed E-state index contributed by atoms with van der Waals surface area (Å²) in [6.45, 7) is 0. The first-order chi connectivity index (χ1) is 10.7. The molecule has 3 rings (SSSR count). The maximum absolute atomic E-state index is 5.40. The molecular formula is C18H18NO3. The molecule has 0 atom stereocenters. The van der Waals surface area contributed by atoms with Crippen molar-refractivity contribution in [3.8, 4) is 17.2 Å². The Morgan fingerprint density at radius 1 is 0.909 bits per heavy atom. The zero-order chi connectivity index (χ0) is 15.5. The Labute approximate surface area is 129 Å². The Morgan fingerprint density at radius 3 is 2.27 bits per heavy atom. The topological polar surface area (TPSA) is 43.5 Å². The van der Waals surface area contributed by atoms with Gasteiger partial charge in [-0.05, 0) is 41.8 Å². The van der Waals surface area contributed by atoms with Crippen molar-refractivity contribution in [3.63, 3.8) is 0 Å². The Balaban J connectivity index is 1.97. The second kappa shape index (κ2) is 6.02. The third-order valence-corrected chi connectivity index (χ3v) is 3.68. The molecule has 0 unspecified atom stereocenters. The van der Waals surface area contributed by atoms with E-state index >= 15 is 0 Å². The van der Waals surface area contributed by atoms with E-state index in [0.29, 0.717) is 17.2 Å². The Kier molecular flexibility index (Phi) is 3.92. The molecule has 1 N–H and O–H groups in total. The minimum Gasteiger partial charge on any atom is -0.493 e. The van der Waals surface area contributed by atoms with Crippen molar-refractivity contribution in [3.05, 3.63) is 53.7 Å². The van der Waals surface area contributed by atoms with Crippen LogP contribution in [0.25, 0.3) is 10.9 Å². The second-order valence-corrected chi connectivity index (χ2v) is 5.05. The molecule has 1 radical (unpaired) electrons. The summed E-state index contributed by atoms with van der Waals surface area (Å²) >= 11 is 0. The molecule has 0 bridgehead atoms. The normalized spacial score (nSPS) is 10.7. The molecule has 0 aliphatic heterocycles. The van der Waals surface area contributed by atoms with E-state index in [1.807, 2.05) is 18.2 Å². The van der Waals surface area contributed by atoms with Gasteiger partial charge in [0, 0.05) is 10.9 Å². The lowest BCUT2D eigenvalue weighted by Crippen LogP contribution is -1.97. The lowest BCUT2D eigenvalue weighted by molar-refractivity contribution is 0.324. The van der Waals surface area contributed by atoms with Gasteiger partial charge in [0.15, 0.2) is 11.5 Å². The van der Waals surface area contributed by atoms with Gasteiger partial charge in [-0.1, -0.05) is 12.1 Å². The SMILES string of the molecule is COc1cc(Cc2ccc3c[c][nH]c3c2)cc(OC)c1OC. The van der Waals surface area contributed by atoms with E-state index < -0.39 is 0 Å². The van der Waals surface area contributed by atoms with E-state index in [0.717, 1.165) is 22.9 Å². The van der Waals surface area contributed by atoms with Crippen LogP contribution in [0, 0.1) is 6.20 Å². The van der Waals surface area contributed by atoms with Crippen LogP contribution in [-0.2, 0) is 6.42 Å². The first-order valence-corrected chi connectivity index (χ1v) is 7.01. The number of hydrogen-bond acceptors (Lipinski definition) is 3. The molecule has 0 saturated carbocycles. The van der Waals surface area contributed by atoms with E-state index in [4.69, 9.17) is 14.2 Å². The van der Waals surface area contributed by atoms with Gasteiger partial charge in [0.05, 0.1) is 27.5 Å². The molecule has 2 aromatic carbocycles. The van der Waals surface area contributed by atoms with Crippen molar-refractivity contribution in [2.24, 2.45) is 0 Å². The first-order valence-electron chi connectivity index (χ1n) is 7.01. The minimum atomic E-state index is 0.614. The van der Waals surface area contributed by atoms with Crippen molar-refractivity contribution in [2.45, 2.75) is 6.42 Å². The molecule has 0 aliphatic carbocycles. The van der Waals surface area contributed by atoms with Crippen molar-refractivity contribution < 1.29 is 14.2 Å². The van der Waals surface area contributed by atoms with Crippen LogP contribution in [0.5, 0.6) is 17.2 Å². The lowest BCUT2D eigenvalue weighted by Gasteiger charge is -2.14. The van der Waals surface area contributed by atoms with Crippen molar-refractivity contribution in [2.75, 3.05) is 21.3 Å². The number of benzene rings is 2. The highest BCUT2D eigenvalue weighted by Crippen LogP contribution is 2.38. The molecule has 0 fully saturated rings. The van der Waals surface area contributed by atoms with Gasteiger partial charge in [-0.15, -0.1) is 0 Å². The minimum absolute atomic E-state index is 0.614. The average molecular weight is 296 g/mol. The number of hydrogen-bond donors (Lipinski definition) is 1. The zero-order valence-electron chi connectivity index (χ0n) is 12.9. The number of rotatable bonds is 5. The largest absolute Gasteiger partial charge is 0.493 e. The third-order valence-electron chi connectivity index (χ3n) is 3.68. The van der Waals surface area contributed by atoms with Crippen LogP contribution in [-0.4, -0.2) is 26.3 Å². The monoisotopic (exact) mass is 296 g/mol. The summed E-state index contributed by atoms with van der Waals surface area (Å²) in [6, 6.07) is 12.2. The van der Waals surface area contributed by atoms with E-state index in [1.54, 1.807) is 21.3 Å². The van der Waals surface area contributed by atoms with Crippen molar-refractivity contribution in [1.82, 2.24) is 4.98 Å². The molecule has 4 heteroatoms. The quantitative estimate of drug-likeness (QED) is 0.782. The van der Waals surface area contributed by atoms with Gasteiger partial charge in [-0.2, -0.15) is 0 Å². The van der Waals surface area contributed by atoms with Crippen molar-refractivity contribution in [1.29, 1.82) is 0 Å². The summed E-state index contributed by atoms with van der Waals surface area (Å²) in [5.41, 5.74) is 3.40. The Hall–Kier alpha value is -2.62. The molecule has 22 heavy (non-hydrogen) atoms. The second-order valence-electron chi connectivity index (χ2n) is 5.05. The summed E-state index contributed by atoms with van der Waals surface area (Å²) in [4.78, 5) is 3.11. The van der Waals surface area contributed by atoms with Gasteiger partial charge in [0.1, 0.15) is 0 Å². The van der Waals surface area contributed by atoms with Crippen LogP contribution >= 0.6 is 0 Å². The maximum atomic E-state index is 5.40. The predicted octanol–water partition coefficient (Wildman–Crippen LogP) is 3.58. The molecule has 0 spiro atoms. The van der Waals surface area contributed by atoms with Gasteiger partial charge < -0.3 is 19.2 Å². The molecule has 4 nitrogen and oxygen atoms in total. The first kappa shape index (κ1) is 14.3. The fourth-order valence-electron chi connectivity index (χ4n) is 2.61. The fraction of sp³-hybridized carbons (Fsp3) is 0.222. The number of ether oxygens (including phenoxy) is 3. The number of nitrogens with one attached hydrogen (secondary N) is 1. The molecule has 1 aromatic heterocycles. The number of fused-ring (bicyclic) bond motifs is 1. The summed E-state index contributed by atoms with van der Waals surface area (Å²) in [7, 11) is 4.86. The van der Waals surface area contributed by atoms with Crippen LogP contribution in [0.2, 0.25) is 0 Å². The van der Waals surface area contributed by atoms with Crippen LogP contribution in [0.15, 0.2) is 36.4 Å². The van der Waals surface area contributed by atoms with E-state index in [1.165, 1.54) is 5.56 Å². The third kappa shape index (κ3) is 2.60. The molecular weight excluding hydrogens is 278 g/mol. The predicted molar refractivity (Wildman–Crippen MR) is 86.0 cm³/mol. The lowest BCUT2D eigenvalue weighted by atomic mass is 10.0. The van der Waals surface area contributed by atoms with E-state index in [9.17, 15) is 0 Å². The van der Waals surface area contributed by atoms with Crippen LogP contribution in [0.4, 0.5) is 0 Å². The highest BCUT2D eigenvalue weighted by molar-refractivity contribution is 5.79. The molecule has 0 saturated heterocycles.